The first-order chi connectivity index (χ1) is 13.4. The normalized spacial score (nSPS) is 15.0. The van der Waals surface area contributed by atoms with Crippen molar-refractivity contribution in [3.8, 4) is 11.5 Å². The van der Waals surface area contributed by atoms with E-state index >= 15 is 0 Å². The number of benzene rings is 2. The highest BCUT2D eigenvalue weighted by atomic mass is 35.5. The lowest BCUT2D eigenvalue weighted by Crippen LogP contribution is -2.17. The Morgan fingerprint density at radius 1 is 1.04 bits per heavy atom. The smallest absolute Gasteiger partial charge is 0.290 e. The molecule has 0 atom stereocenters. The molecule has 0 spiro atoms. The molecule has 2 aromatic carbocycles. The SMILES string of the molecule is Cc1cc(C)cc(OCCCOc2ccc(Cl)cc2C=C2SC(=O)NC2=O)c1. The zero-order valence-electron chi connectivity index (χ0n) is 15.6. The Morgan fingerprint density at radius 2 is 1.75 bits per heavy atom. The number of halogens is 1. The number of carbonyl (C=O) groups is 2. The minimum absolute atomic E-state index is 0.315. The Bertz CT molecular complexity index is 922. The van der Waals surface area contributed by atoms with Gasteiger partial charge in [0.2, 0.25) is 0 Å². The lowest BCUT2D eigenvalue weighted by atomic mass is 10.1. The van der Waals surface area contributed by atoms with Crippen LogP contribution in [0.5, 0.6) is 11.5 Å². The van der Waals surface area contributed by atoms with Crippen LogP contribution in [0.25, 0.3) is 6.08 Å². The average Bonchev–Trinajstić information content (AvgIpc) is 2.92. The molecule has 28 heavy (non-hydrogen) atoms. The number of hydrogen-bond donors (Lipinski definition) is 1. The molecule has 5 nitrogen and oxygen atoms in total. The fourth-order valence-electron chi connectivity index (χ4n) is 2.77. The fourth-order valence-corrected chi connectivity index (χ4v) is 3.63. The summed E-state index contributed by atoms with van der Waals surface area (Å²) in [6, 6.07) is 11.3. The molecule has 2 amide bonds. The van der Waals surface area contributed by atoms with Gasteiger partial charge in [-0.2, -0.15) is 0 Å². The zero-order valence-corrected chi connectivity index (χ0v) is 17.2. The highest BCUT2D eigenvalue weighted by Gasteiger charge is 2.25. The third kappa shape index (κ3) is 5.53. The molecular weight excluding hydrogens is 398 g/mol. The van der Waals surface area contributed by atoms with Crippen LogP contribution < -0.4 is 14.8 Å². The van der Waals surface area contributed by atoms with Crippen LogP contribution in [0.15, 0.2) is 41.3 Å². The summed E-state index contributed by atoms with van der Waals surface area (Å²) >= 11 is 6.92. The largest absolute Gasteiger partial charge is 0.493 e. The van der Waals surface area contributed by atoms with Gasteiger partial charge in [-0.05, 0) is 73.1 Å². The molecule has 1 fully saturated rings. The van der Waals surface area contributed by atoms with E-state index in [1.54, 1.807) is 24.3 Å². The average molecular weight is 418 g/mol. The Balaban J connectivity index is 1.58. The van der Waals surface area contributed by atoms with Crippen LogP contribution in [-0.2, 0) is 4.79 Å². The number of carbonyl (C=O) groups excluding carboxylic acids is 2. The van der Waals surface area contributed by atoms with Gasteiger partial charge in [0, 0.05) is 17.0 Å². The standard InChI is InChI=1S/C21H20ClNO4S/c1-13-8-14(2)10-17(9-13)26-6-3-7-27-18-5-4-16(22)11-15(18)12-19-20(24)23-21(25)28-19/h4-5,8-12H,3,6-7H2,1-2H3,(H,23,24,25). The predicted octanol–water partition coefficient (Wildman–Crippen LogP) is 5.13. The molecule has 2 aromatic rings. The van der Waals surface area contributed by atoms with Crippen molar-refractivity contribution in [1.82, 2.24) is 5.32 Å². The van der Waals surface area contributed by atoms with Crippen LogP contribution in [-0.4, -0.2) is 24.4 Å². The van der Waals surface area contributed by atoms with Crippen LogP contribution in [0.4, 0.5) is 4.79 Å². The summed E-state index contributed by atoms with van der Waals surface area (Å²) in [6.45, 7) is 5.05. The molecule has 0 aromatic heterocycles. The van der Waals surface area contributed by atoms with Crippen molar-refractivity contribution < 1.29 is 19.1 Å². The fraction of sp³-hybridized carbons (Fsp3) is 0.238. The van der Waals surface area contributed by atoms with Gasteiger partial charge in [-0.1, -0.05) is 17.7 Å². The van der Waals surface area contributed by atoms with Crippen LogP contribution in [0.2, 0.25) is 5.02 Å². The van der Waals surface area contributed by atoms with Gasteiger partial charge in [0.25, 0.3) is 11.1 Å². The van der Waals surface area contributed by atoms with E-state index in [1.807, 2.05) is 26.0 Å². The number of hydrogen-bond acceptors (Lipinski definition) is 5. The van der Waals surface area contributed by atoms with Crippen molar-refractivity contribution in [2.75, 3.05) is 13.2 Å². The van der Waals surface area contributed by atoms with E-state index in [-0.39, 0.29) is 5.24 Å². The molecule has 0 saturated carbocycles. The lowest BCUT2D eigenvalue weighted by Gasteiger charge is -2.11. The van der Waals surface area contributed by atoms with Crippen molar-refractivity contribution in [1.29, 1.82) is 0 Å². The van der Waals surface area contributed by atoms with Gasteiger partial charge >= 0.3 is 0 Å². The Kier molecular flexibility index (Phi) is 6.65. The van der Waals surface area contributed by atoms with Crippen molar-refractivity contribution >= 4 is 40.6 Å². The predicted molar refractivity (Wildman–Crippen MR) is 112 cm³/mol. The van der Waals surface area contributed by atoms with E-state index in [9.17, 15) is 9.59 Å². The Hall–Kier alpha value is -2.44. The van der Waals surface area contributed by atoms with E-state index < -0.39 is 5.91 Å². The van der Waals surface area contributed by atoms with Crippen LogP contribution >= 0.6 is 23.4 Å². The first-order valence-electron chi connectivity index (χ1n) is 8.79. The molecule has 0 radical (unpaired) electrons. The van der Waals surface area contributed by atoms with Crippen molar-refractivity contribution in [2.24, 2.45) is 0 Å². The monoisotopic (exact) mass is 417 g/mol. The highest BCUT2D eigenvalue weighted by molar-refractivity contribution is 8.18. The van der Waals surface area contributed by atoms with E-state index in [0.717, 1.165) is 28.6 Å². The number of nitrogens with one attached hydrogen (secondary N) is 1. The third-order valence-electron chi connectivity index (χ3n) is 3.91. The van der Waals surface area contributed by atoms with Crippen molar-refractivity contribution in [3.63, 3.8) is 0 Å². The summed E-state index contributed by atoms with van der Waals surface area (Å²) in [6.07, 6.45) is 2.30. The number of ether oxygens (including phenoxy) is 2. The number of rotatable bonds is 7. The summed E-state index contributed by atoms with van der Waals surface area (Å²) in [7, 11) is 0. The van der Waals surface area contributed by atoms with E-state index in [4.69, 9.17) is 21.1 Å². The van der Waals surface area contributed by atoms with Crippen LogP contribution in [0.3, 0.4) is 0 Å². The van der Waals surface area contributed by atoms with Crippen molar-refractivity contribution in [2.45, 2.75) is 20.3 Å². The summed E-state index contributed by atoms with van der Waals surface area (Å²) in [4.78, 5) is 23.4. The van der Waals surface area contributed by atoms with Gasteiger partial charge in [0.15, 0.2) is 0 Å². The molecule has 3 rings (SSSR count). The quantitative estimate of drug-likeness (QED) is 0.499. The maximum Gasteiger partial charge on any atom is 0.290 e. The number of imide groups is 1. The van der Waals surface area contributed by atoms with E-state index in [1.165, 1.54) is 0 Å². The molecule has 1 heterocycles. The third-order valence-corrected chi connectivity index (χ3v) is 4.96. The van der Waals surface area contributed by atoms with Crippen LogP contribution in [0, 0.1) is 13.8 Å². The summed E-state index contributed by atoms with van der Waals surface area (Å²) in [5.74, 6) is 1.03. The molecule has 1 aliphatic heterocycles. The van der Waals surface area contributed by atoms with E-state index in [0.29, 0.717) is 40.9 Å². The zero-order chi connectivity index (χ0) is 20.1. The Labute approximate surface area is 173 Å². The van der Waals surface area contributed by atoms with Gasteiger partial charge in [0.1, 0.15) is 11.5 Å². The number of amides is 2. The summed E-state index contributed by atoms with van der Waals surface area (Å²) in [5, 5.41) is 2.37. The minimum Gasteiger partial charge on any atom is -0.493 e. The topological polar surface area (TPSA) is 64.6 Å². The molecule has 146 valence electrons. The van der Waals surface area contributed by atoms with Gasteiger partial charge in [-0.3, -0.25) is 14.9 Å². The minimum atomic E-state index is -0.414. The van der Waals surface area contributed by atoms with E-state index in [2.05, 4.69) is 11.4 Å². The first kappa shape index (κ1) is 20.3. The number of aryl methyl sites for hydroxylation is 2. The number of thioether (sulfide) groups is 1. The highest BCUT2D eigenvalue weighted by Crippen LogP contribution is 2.31. The molecule has 0 aliphatic carbocycles. The molecule has 1 saturated heterocycles. The lowest BCUT2D eigenvalue weighted by molar-refractivity contribution is -0.115. The maximum atomic E-state index is 11.8. The summed E-state index contributed by atoms with van der Waals surface area (Å²) < 4.78 is 11.6. The molecule has 0 bridgehead atoms. The molecule has 1 N–H and O–H groups in total. The van der Waals surface area contributed by atoms with Crippen molar-refractivity contribution in [3.05, 3.63) is 63.0 Å². The second-order valence-corrected chi connectivity index (χ2v) is 7.86. The Morgan fingerprint density at radius 3 is 2.43 bits per heavy atom. The van der Waals surface area contributed by atoms with Gasteiger partial charge < -0.3 is 9.47 Å². The second kappa shape index (κ2) is 9.17. The molecular formula is C21H20ClNO4S. The second-order valence-electron chi connectivity index (χ2n) is 6.41. The molecule has 7 heteroatoms. The molecule has 1 aliphatic rings. The van der Waals surface area contributed by atoms with Crippen LogP contribution in [0.1, 0.15) is 23.1 Å². The first-order valence-corrected chi connectivity index (χ1v) is 9.98. The van der Waals surface area contributed by atoms with Gasteiger partial charge in [-0.25, -0.2) is 0 Å². The van der Waals surface area contributed by atoms with Gasteiger partial charge in [0.05, 0.1) is 18.1 Å². The summed E-state index contributed by atoms with van der Waals surface area (Å²) in [5.41, 5.74) is 2.98. The molecule has 0 unspecified atom stereocenters. The maximum absolute atomic E-state index is 11.8. The van der Waals surface area contributed by atoms with Gasteiger partial charge in [-0.15, -0.1) is 0 Å².